The van der Waals surface area contributed by atoms with Crippen LogP contribution in [0.25, 0.3) is 11.2 Å². The Hall–Kier alpha value is -2.11. The lowest BCUT2D eigenvalue weighted by atomic mass is 10.1. The molecule has 9 nitrogen and oxygen atoms in total. The maximum absolute atomic E-state index is 10.2. The van der Waals surface area contributed by atoms with E-state index in [1.165, 1.54) is 23.1 Å². The van der Waals surface area contributed by atoms with Gasteiger partial charge in [0.05, 0.1) is 12.9 Å². The summed E-state index contributed by atoms with van der Waals surface area (Å²) in [6.07, 6.45) is -0.304. The molecule has 0 radical (unpaired) electrons. The second-order valence-corrected chi connectivity index (χ2v) is 7.54. The first-order chi connectivity index (χ1) is 13.1. The molecule has 3 aromatic rings. The van der Waals surface area contributed by atoms with E-state index in [-0.39, 0.29) is 6.61 Å². The molecule has 3 aromatic heterocycles. The van der Waals surface area contributed by atoms with Crippen LogP contribution in [0.2, 0.25) is 0 Å². The van der Waals surface area contributed by atoms with Crippen molar-refractivity contribution in [1.82, 2.24) is 19.5 Å². The molecule has 0 saturated carbocycles. The van der Waals surface area contributed by atoms with Crippen molar-refractivity contribution in [3.8, 4) is 0 Å². The van der Waals surface area contributed by atoms with E-state index in [1.54, 1.807) is 15.9 Å². The smallest absolute Gasteiger partial charge is 0.167 e. The van der Waals surface area contributed by atoms with E-state index in [1.807, 2.05) is 0 Å². The summed E-state index contributed by atoms with van der Waals surface area (Å²) in [5.74, 6) is 0.596. The van der Waals surface area contributed by atoms with E-state index in [0.29, 0.717) is 23.5 Å². The zero-order valence-corrected chi connectivity index (χ0v) is 15.5. The highest BCUT2D eigenvalue weighted by atomic mass is 32.1. The second-order valence-electron chi connectivity index (χ2n) is 6.54. The largest absolute Gasteiger partial charge is 0.394 e. The number of fused-ring (bicyclic) bond motifs is 1. The zero-order chi connectivity index (χ0) is 19.0. The summed E-state index contributed by atoms with van der Waals surface area (Å²) in [6, 6.07) is 2.17. The van der Waals surface area contributed by atoms with E-state index >= 15 is 0 Å². The minimum atomic E-state index is -1.19. The van der Waals surface area contributed by atoms with Crippen molar-refractivity contribution in [3.05, 3.63) is 34.5 Å². The van der Waals surface area contributed by atoms with E-state index < -0.39 is 24.5 Å². The Morgan fingerprint density at radius 3 is 2.81 bits per heavy atom. The van der Waals surface area contributed by atoms with Gasteiger partial charge in [-0.15, -0.1) is 11.3 Å². The highest BCUT2D eigenvalue weighted by Gasteiger charge is 2.44. The van der Waals surface area contributed by atoms with Crippen LogP contribution < -0.4 is 5.32 Å². The number of nitrogens with zero attached hydrogens (tertiary/aromatic N) is 4. The van der Waals surface area contributed by atoms with Gasteiger partial charge in [-0.1, -0.05) is 0 Å². The Labute approximate surface area is 159 Å². The fourth-order valence-corrected chi connectivity index (χ4v) is 4.08. The molecular weight excluding hydrogens is 370 g/mol. The van der Waals surface area contributed by atoms with Crippen LogP contribution in [0.3, 0.4) is 0 Å². The average molecular weight is 391 g/mol. The molecule has 0 amide bonds. The summed E-state index contributed by atoms with van der Waals surface area (Å²) in [5.41, 5.74) is 2.29. The number of aromatic nitrogens is 4. The lowest BCUT2D eigenvalue weighted by Crippen LogP contribution is -2.33. The molecule has 27 heavy (non-hydrogen) atoms. The van der Waals surface area contributed by atoms with Gasteiger partial charge in [0.25, 0.3) is 0 Å². The van der Waals surface area contributed by atoms with Gasteiger partial charge in [0.15, 0.2) is 23.2 Å². The van der Waals surface area contributed by atoms with Gasteiger partial charge in [-0.2, -0.15) is 0 Å². The Morgan fingerprint density at radius 2 is 2.11 bits per heavy atom. The molecule has 4 atom stereocenters. The minimum Gasteiger partial charge on any atom is -0.394 e. The van der Waals surface area contributed by atoms with Crippen molar-refractivity contribution in [1.29, 1.82) is 0 Å². The number of ether oxygens (including phenoxy) is 1. The van der Waals surface area contributed by atoms with Crippen molar-refractivity contribution in [2.45, 2.75) is 37.9 Å². The first-order valence-electron chi connectivity index (χ1n) is 8.66. The molecule has 144 valence electrons. The molecule has 4 N–H and O–H groups in total. The Morgan fingerprint density at radius 1 is 1.26 bits per heavy atom. The van der Waals surface area contributed by atoms with Crippen LogP contribution in [-0.4, -0.2) is 66.3 Å². The summed E-state index contributed by atoms with van der Waals surface area (Å²) in [7, 11) is 0. The van der Waals surface area contributed by atoms with Gasteiger partial charge in [-0.25, -0.2) is 15.0 Å². The third-order valence-corrected chi connectivity index (χ3v) is 5.71. The van der Waals surface area contributed by atoms with Crippen LogP contribution in [-0.2, 0) is 11.2 Å². The van der Waals surface area contributed by atoms with Crippen LogP contribution in [0.15, 0.2) is 24.1 Å². The van der Waals surface area contributed by atoms with Gasteiger partial charge in [0.1, 0.15) is 24.6 Å². The topological polar surface area (TPSA) is 126 Å². The zero-order valence-electron chi connectivity index (χ0n) is 14.7. The molecule has 0 unspecified atom stereocenters. The van der Waals surface area contributed by atoms with Gasteiger partial charge >= 0.3 is 0 Å². The van der Waals surface area contributed by atoms with Crippen LogP contribution in [0.5, 0.6) is 0 Å². The summed E-state index contributed by atoms with van der Waals surface area (Å²) in [6.45, 7) is 2.39. The first-order valence-corrected chi connectivity index (χ1v) is 9.54. The van der Waals surface area contributed by atoms with Gasteiger partial charge in [-0.3, -0.25) is 4.57 Å². The lowest BCUT2D eigenvalue weighted by molar-refractivity contribution is -0.0511. The van der Waals surface area contributed by atoms with E-state index in [4.69, 9.17) is 4.74 Å². The number of anilines is 1. The van der Waals surface area contributed by atoms with Gasteiger partial charge in [0, 0.05) is 11.4 Å². The fourth-order valence-electron chi connectivity index (χ4n) is 3.20. The molecular formula is C17H21N5O4S. The molecule has 0 bridgehead atoms. The Balaban J connectivity index is 1.53. The van der Waals surface area contributed by atoms with E-state index in [9.17, 15) is 15.3 Å². The average Bonchev–Trinajstić information content (AvgIpc) is 3.35. The number of thiophene rings is 1. The summed E-state index contributed by atoms with van der Waals surface area (Å²) in [4.78, 5) is 14.1. The predicted octanol–water partition coefficient (Wildman–Crippen LogP) is 0.462. The highest BCUT2D eigenvalue weighted by molar-refractivity contribution is 7.10. The SMILES string of the molecule is Cc1csc(CCNc2ncnc3c2ncn3[C@@H]2O[C@H](CO)[C@@H](O)[C@H]2O)c1. The molecule has 4 rings (SSSR count). The standard InChI is InChI=1S/C17H21N5O4S/c1-9-4-10(27-6-9)2-3-18-15-12-16(20-7-19-15)22(8-21-12)17-14(25)13(24)11(5-23)26-17/h4,6-8,11,13-14,17,23-25H,2-3,5H2,1H3,(H,18,19,20)/t11-,13-,14-,17-/m1/s1. The molecule has 0 aromatic carbocycles. The molecule has 1 aliphatic rings. The highest BCUT2D eigenvalue weighted by Crippen LogP contribution is 2.32. The number of aliphatic hydroxyl groups excluding tert-OH is 3. The van der Waals surface area contributed by atoms with Crippen LogP contribution in [0, 0.1) is 6.92 Å². The van der Waals surface area contributed by atoms with Crippen molar-refractivity contribution < 1.29 is 20.1 Å². The van der Waals surface area contributed by atoms with Gasteiger partial charge < -0.3 is 25.4 Å². The molecule has 1 aliphatic heterocycles. The van der Waals surface area contributed by atoms with E-state index in [2.05, 4.69) is 38.6 Å². The van der Waals surface area contributed by atoms with Crippen molar-refractivity contribution >= 4 is 28.3 Å². The fraction of sp³-hybridized carbons (Fsp3) is 0.471. The first kappa shape index (κ1) is 18.3. The molecule has 0 spiro atoms. The monoisotopic (exact) mass is 391 g/mol. The molecule has 4 heterocycles. The summed E-state index contributed by atoms with van der Waals surface area (Å²) in [5, 5.41) is 34.9. The predicted molar refractivity (Wildman–Crippen MR) is 99.6 cm³/mol. The maximum Gasteiger partial charge on any atom is 0.167 e. The summed E-state index contributed by atoms with van der Waals surface area (Å²) >= 11 is 1.73. The van der Waals surface area contributed by atoms with Gasteiger partial charge in [-0.05, 0) is 30.4 Å². The maximum atomic E-state index is 10.2. The number of rotatable bonds is 6. The molecule has 0 aliphatic carbocycles. The number of aliphatic hydroxyl groups is 3. The molecule has 10 heteroatoms. The molecule has 1 saturated heterocycles. The number of nitrogens with one attached hydrogen (secondary N) is 1. The van der Waals surface area contributed by atoms with Crippen molar-refractivity contribution in [2.24, 2.45) is 0 Å². The van der Waals surface area contributed by atoms with Gasteiger partial charge in [0.2, 0.25) is 0 Å². The van der Waals surface area contributed by atoms with Crippen molar-refractivity contribution in [3.63, 3.8) is 0 Å². The van der Waals surface area contributed by atoms with Crippen molar-refractivity contribution in [2.75, 3.05) is 18.5 Å². The number of imidazole rings is 1. The second kappa shape index (κ2) is 7.49. The number of aryl methyl sites for hydroxylation is 1. The van der Waals surface area contributed by atoms with E-state index in [0.717, 1.165) is 6.42 Å². The lowest BCUT2D eigenvalue weighted by Gasteiger charge is -2.16. The van der Waals surface area contributed by atoms with Crippen LogP contribution >= 0.6 is 11.3 Å². The summed E-state index contributed by atoms with van der Waals surface area (Å²) < 4.78 is 7.11. The Bertz CT molecular complexity index is 929. The quantitative estimate of drug-likeness (QED) is 0.478. The number of hydrogen-bond acceptors (Lipinski definition) is 9. The number of hydrogen-bond donors (Lipinski definition) is 4. The third-order valence-electron chi connectivity index (χ3n) is 4.60. The Kier molecular flexibility index (Phi) is 5.06. The normalized spacial score (nSPS) is 25.3. The minimum absolute atomic E-state index is 0.384. The van der Waals surface area contributed by atoms with Crippen LogP contribution in [0.1, 0.15) is 16.7 Å². The molecule has 1 fully saturated rings. The van der Waals surface area contributed by atoms with Crippen LogP contribution in [0.4, 0.5) is 5.82 Å². The third kappa shape index (κ3) is 3.42.